The number of Topliss-reactive ketones (excluding diaryl/α,β-unsaturated/α-hetero) is 1. The van der Waals surface area contributed by atoms with E-state index < -0.39 is 28.1 Å². The molecule has 0 spiro atoms. The number of halogens is 2. The van der Waals surface area contributed by atoms with Crippen molar-refractivity contribution in [1.82, 2.24) is 0 Å². The normalized spacial score (nSPS) is 21.9. The number of alkyl halides is 2. The second-order valence-electron chi connectivity index (χ2n) is 5.28. The molecule has 1 fully saturated rings. The van der Waals surface area contributed by atoms with Gasteiger partial charge in [0.2, 0.25) is 5.78 Å². The molecular weight excluding hydrogens is 331 g/mol. The summed E-state index contributed by atoms with van der Waals surface area (Å²) in [5.74, 6) is -0.107. The zero-order chi connectivity index (χ0) is 16.5. The largest absolute Gasteiger partial charge is 0.497 e. The van der Waals surface area contributed by atoms with Crippen molar-refractivity contribution in [2.75, 3.05) is 20.8 Å². The average Bonchev–Trinajstić information content (AvgIpc) is 3.03. The van der Waals surface area contributed by atoms with Gasteiger partial charge in [0.1, 0.15) is 21.2 Å². The molecule has 1 atom stereocenters. The zero-order valence-corrected chi connectivity index (χ0v) is 14.0. The van der Waals surface area contributed by atoms with Crippen molar-refractivity contribution in [2.45, 2.75) is 17.7 Å². The standard InChI is InChI=1S/C15H16Cl2O5/c1-14(8-15(14,16)17)13(19)22-7-11(18)10-6-9(20-2)4-5-12(10)21-3/h4-6H,7-8H2,1-3H3/t14-/m0/s1. The lowest BCUT2D eigenvalue weighted by Crippen LogP contribution is -2.24. The first-order valence-corrected chi connectivity index (χ1v) is 7.31. The highest BCUT2D eigenvalue weighted by molar-refractivity contribution is 6.53. The molecule has 1 aromatic rings. The zero-order valence-electron chi connectivity index (χ0n) is 12.4. The molecule has 22 heavy (non-hydrogen) atoms. The molecule has 2 rings (SSSR count). The summed E-state index contributed by atoms with van der Waals surface area (Å²) in [6.45, 7) is 1.19. The fourth-order valence-corrected chi connectivity index (χ4v) is 2.71. The molecule has 1 aromatic carbocycles. The first-order chi connectivity index (χ1) is 10.2. The van der Waals surface area contributed by atoms with E-state index >= 15 is 0 Å². The van der Waals surface area contributed by atoms with Gasteiger partial charge in [0.05, 0.1) is 19.8 Å². The minimum Gasteiger partial charge on any atom is -0.497 e. The third kappa shape index (κ3) is 3.01. The number of esters is 1. The number of hydrogen-bond acceptors (Lipinski definition) is 5. The van der Waals surface area contributed by atoms with Gasteiger partial charge in [-0.15, -0.1) is 23.2 Å². The quantitative estimate of drug-likeness (QED) is 0.450. The Morgan fingerprint density at radius 2 is 1.86 bits per heavy atom. The van der Waals surface area contributed by atoms with Crippen LogP contribution < -0.4 is 9.47 Å². The van der Waals surface area contributed by atoms with Crippen LogP contribution in [-0.2, 0) is 9.53 Å². The summed E-state index contributed by atoms with van der Waals surface area (Å²) >= 11 is 11.8. The number of carbonyl (C=O) groups excluding carboxylic acids is 2. The third-order valence-electron chi connectivity index (χ3n) is 3.75. The minimum absolute atomic E-state index is 0.276. The molecule has 5 nitrogen and oxygen atoms in total. The van der Waals surface area contributed by atoms with Crippen LogP contribution >= 0.6 is 23.2 Å². The lowest BCUT2D eigenvalue weighted by atomic mass is 10.1. The Hall–Kier alpha value is -1.46. The average molecular weight is 347 g/mol. The molecule has 7 heteroatoms. The number of carbonyl (C=O) groups is 2. The fourth-order valence-electron chi connectivity index (χ4n) is 2.02. The molecule has 0 bridgehead atoms. The van der Waals surface area contributed by atoms with E-state index in [1.165, 1.54) is 20.3 Å². The van der Waals surface area contributed by atoms with Crippen molar-refractivity contribution in [1.29, 1.82) is 0 Å². The predicted molar refractivity (Wildman–Crippen MR) is 82.0 cm³/mol. The van der Waals surface area contributed by atoms with E-state index in [1.807, 2.05) is 0 Å². The highest BCUT2D eigenvalue weighted by Crippen LogP contribution is 2.64. The van der Waals surface area contributed by atoms with Crippen LogP contribution in [0.2, 0.25) is 0 Å². The molecule has 1 aliphatic rings. The van der Waals surface area contributed by atoms with E-state index in [-0.39, 0.29) is 5.56 Å². The van der Waals surface area contributed by atoms with Crippen LogP contribution in [-0.4, -0.2) is 36.9 Å². The molecule has 1 saturated carbocycles. The Balaban J connectivity index is 2.05. The number of benzene rings is 1. The maximum Gasteiger partial charge on any atom is 0.315 e. The Morgan fingerprint density at radius 3 is 2.36 bits per heavy atom. The van der Waals surface area contributed by atoms with Crippen molar-refractivity contribution in [3.05, 3.63) is 23.8 Å². The van der Waals surface area contributed by atoms with Gasteiger partial charge < -0.3 is 14.2 Å². The summed E-state index contributed by atoms with van der Waals surface area (Å²) in [6.07, 6.45) is 0.304. The molecule has 0 saturated heterocycles. The number of ketones is 1. The van der Waals surface area contributed by atoms with E-state index in [0.29, 0.717) is 17.9 Å². The van der Waals surface area contributed by atoms with E-state index in [9.17, 15) is 9.59 Å². The summed E-state index contributed by atoms with van der Waals surface area (Å²) in [5, 5.41) is 0. The van der Waals surface area contributed by atoms with Gasteiger partial charge in [0, 0.05) is 6.42 Å². The third-order valence-corrected chi connectivity index (χ3v) is 4.85. The maximum atomic E-state index is 12.2. The molecule has 0 N–H and O–H groups in total. The molecule has 0 aliphatic heterocycles. The Bertz CT molecular complexity index is 614. The molecule has 0 radical (unpaired) electrons. The second kappa shape index (κ2) is 5.97. The maximum absolute atomic E-state index is 12.2. The first kappa shape index (κ1) is 16.9. The first-order valence-electron chi connectivity index (χ1n) is 6.55. The lowest BCUT2D eigenvalue weighted by molar-refractivity contribution is -0.148. The van der Waals surface area contributed by atoms with E-state index in [4.69, 9.17) is 37.4 Å². The summed E-state index contributed by atoms with van der Waals surface area (Å²) in [5.41, 5.74) is -0.687. The van der Waals surface area contributed by atoms with Gasteiger partial charge in [-0.2, -0.15) is 0 Å². The van der Waals surface area contributed by atoms with Gasteiger partial charge in [-0.3, -0.25) is 9.59 Å². The lowest BCUT2D eigenvalue weighted by Gasteiger charge is -2.13. The number of ether oxygens (including phenoxy) is 3. The van der Waals surface area contributed by atoms with Gasteiger partial charge in [0.15, 0.2) is 6.61 Å². The summed E-state index contributed by atoms with van der Waals surface area (Å²) in [4.78, 5) is 24.2. The Kier molecular flexibility index (Phi) is 4.59. The van der Waals surface area contributed by atoms with E-state index in [2.05, 4.69) is 0 Å². The molecule has 1 aliphatic carbocycles. The van der Waals surface area contributed by atoms with Crippen LogP contribution in [0.15, 0.2) is 18.2 Å². The number of hydrogen-bond donors (Lipinski definition) is 0. The van der Waals surface area contributed by atoms with Gasteiger partial charge in [-0.05, 0) is 25.1 Å². The molecule has 0 aromatic heterocycles. The molecule has 0 amide bonds. The number of rotatable bonds is 6. The van der Waals surface area contributed by atoms with Crippen molar-refractivity contribution in [2.24, 2.45) is 5.41 Å². The van der Waals surface area contributed by atoms with Crippen LogP contribution in [0, 0.1) is 5.41 Å². The molecular formula is C15H16Cl2O5. The van der Waals surface area contributed by atoms with Crippen LogP contribution in [0.3, 0.4) is 0 Å². The minimum atomic E-state index is -1.12. The molecule has 0 heterocycles. The number of methoxy groups -OCH3 is 2. The van der Waals surface area contributed by atoms with Crippen molar-refractivity contribution in [3.8, 4) is 11.5 Å². The SMILES string of the molecule is COc1ccc(OC)c(C(=O)COC(=O)[C@]2(C)CC2(Cl)Cl)c1. The van der Waals surface area contributed by atoms with Crippen LogP contribution in [0.4, 0.5) is 0 Å². The molecule has 120 valence electrons. The van der Waals surface area contributed by atoms with Crippen molar-refractivity contribution >= 4 is 35.0 Å². The molecule has 0 unspecified atom stereocenters. The van der Waals surface area contributed by atoms with Gasteiger partial charge >= 0.3 is 5.97 Å². The highest BCUT2D eigenvalue weighted by atomic mass is 35.5. The summed E-state index contributed by atoms with van der Waals surface area (Å²) in [7, 11) is 2.94. The highest BCUT2D eigenvalue weighted by Gasteiger charge is 2.69. The predicted octanol–water partition coefficient (Wildman–Crippen LogP) is 3.01. The smallest absolute Gasteiger partial charge is 0.315 e. The van der Waals surface area contributed by atoms with Crippen LogP contribution in [0.5, 0.6) is 11.5 Å². The summed E-state index contributed by atoms with van der Waals surface area (Å²) < 4.78 is 14.1. The van der Waals surface area contributed by atoms with Crippen LogP contribution in [0.1, 0.15) is 23.7 Å². The summed E-state index contributed by atoms with van der Waals surface area (Å²) in [6, 6.07) is 4.81. The second-order valence-corrected chi connectivity index (χ2v) is 6.76. The van der Waals surface area contributed by atoms with Gasteiger partial charge in [-0.1, -0.05) is 0 Å². The van der Waals surface area contributed by atoms with Crippen molar-refractivity contribution in [3.63, 3.8) is 0 Å². The Labute approximate surface area is 138 Å². The van der Waals surface area contributed by atoms with Gasteiger partial charge in [0.25, 0.3) is 0 Å². The topological polar surface area (TPSA) is 61.8 Å². The monoisotopic (exact) mass is 346 g/mol. The van der Waals surface area contributed by atoms with E-state index in [0.717, 1.165) is 0 Å². The van der Waals surface area contributed by atoms with Crippen LogP contribution in [0.25, 0.3) is 0 Å². The van der Waals surface area contributed by atoms with Gasteiger partial charge in [-0.25, -0.2) is 0 Å². The fraction of sp³-hybridized carbons (Fsp3) is 0.467. The Morgan fingerprint density at radius 1 is 1.23 bits per heavy atom. The van der Waals surface area contributed by atoms with Crippen molar-refractivity contribution < 1.29 is 23.8 Å². The van der Waals surface area contributed by atoms with E-state index in [1.54, 1.807) is 19.1 Å².